The molecule has 1 aliphatic carbocycles. The van der Waals surface area contributed by atoms with Crippen molar-refractivity contribution in [1.29, 1.82) is 0 Å². The largest absolute Gasteiger partial charge is 0.469 e. The van der Waals surface area contributed by atoms with E-state index in [9.17, 15) is 14.9 Å². The van der Waals surface area contributed by atoms with Gasteiger partial charge < -0.3 is 9.26 Å². The van der Waals surface area contributed by atoms with Crippen LogP contribution in [0.4, 0.5) is 5.69 Å². The first-order chi connectivity index (χ1) is 11.6. The first-order valence-electron chi connectivity index (χ1n) is 7.75. The number of aromatic nitrogens is 2. The molecule has 1 aromatic heterocycles. The van der Waals surface area contributed by atoms with E-state index in [1.165, 1.54) is 13.2 Å². The van der Waals surface area contributed by atoms with Crippen LogP contribution in [0.25, 0.3) is 11.4 Å². The van der Waals surface area contributed by atoms with Gasteiger partial charge in [-0.2, -0.15) is 4.98 Å². The standard InChI is InChI=1S/C16H17N3O5/c1-23-16(20)11-8-6-10(7-9-11)15-17-14(18-24-15)12-4-2-3-5-13(12)19(21)22/h2-5,10-11H,6-9H2,1H3. The van der Waals surface area contributed by atoms with Gasteiger partial charge in [-0.3, -0.25) is 14.9 Å². The summed E-state index contributed by atoms with van der Waals surface area (Å²) in [5, 5.41) is 15.0. The highest BCUT2D eigenvalue weighted by atomic mass is 16.6. The van der Waals surface area contributed by atoms with E-state index in [2.05, 4.69) is 10.1 Å². The van der Waals surface area contributed by atoms with E-state index < -0.39 is 4.92 Å². The van der Waals surface area contributed by atoms with E-state index >= 15 is 0 Å². The fraction of sp³-hybridized carbons (Fsp3) is 0.438. The molecule has 0 bridgehead atoms. The second-order valence-corrected chi connectivity index (χ2v) is 5.80. The van der Waals surface area contributed by atoms with Crippen LogP contribution in [0.1, 0.15) is 37.5 Å². The van der Waals surface area contributed by atoms with Gasteiger partial charge in [0.15, 0.2) is 0 Å². The molecule has 0 aliphatic heterocycles. The molecule has 1 heterocycles. The van der Waals surface area contributed by atoms with E-state index in [1.54, 1.807) is 18.2 Å². The number of nitrogens with zero attached hydrogens (tertiary/aromatic N) is 3. The molecule has 8 heteroatoms. The number of esters is 1. The maximum Gasteiger partial charge on any atom is 0.308 e. The quantitative estimate of drug-likeness (QED) is 0.481. The predicted octanol–water partition coefficient (Wildman–Crippen LogP) is 3.09. The average Bonchev–Trinajstić information content (AvgIpc) is 3.11. The van der Waals surface area contributed by atoms with Crippen LogP contribution in [-0.2, 0) is 9.53 Å². The van der Waals surface area contributed by atoms with Gasteiger partial charge in [0.2, 0.25) is 11.7 Å². The van der Waals surface area contributed by atoms with Crippen molar-refractivity contribution in [2.24, 2.45) is 5.92 Å². The van der Waals surface area contributed by atoms with Gasteiger partial charge in [0.25, 0.3) is 5.69 Å². The lowest BCUT2D eigenvalue weighted by molar-refractivity contribution is -0.384. The van der Waals surface area contributed by atoms with Crippen molar-refractivity contribution in [3.63, 3.8) is 0 Å². The van der Waals surface area contributed by atoms with Crippen molar-refractivity contribution in [3.05, 3.63) is 40.3 Å². The maximum atomic E-state index is 11.6. The molecule has 3 rings (SSSR count). The number of carbonyl (C=O) groups is 1. The summed E-state index contributed by atoms with van der Waals surface area (Å²) in [7, 11) is 1.39. The van der Waals surface area contributed by atoms with Gasteiger partial charge in [-0.1, -0.05) is 17.3 Å². The average molecular weight is 331 g/mol. The Morgan fingerprint density at radius 2 is 2.00 bits per heavy atom. The van der Waals surface area contributed by atoms with Crippen LogP contribution >= 0.6 is 0 Å². The van der Waals surface area contributed by atoms with Gasteiger partial charge >= 0.3 is 5.97 Å². The van der Waals surface area contributed by atoms with Crippen molar-refractivity contribution in [2.75, 3.05) is 7.11 Å². The fourth-order valence-corrected chi connectivity index (χ4v) is 3.08. The van der Waals surface area contributed by atoms with Crippen molar-refractivity contribution >= 4 is 11.7 Å². The van der Waals surface area contributed by atoms with Gasteiger partial charge in [0, 0.05) is 12.0 Å². The van der Waals surface area contributed by atoms with Gasteiger partial charge in [-0.15, -0.1) is 0 Å². The van der Waals surface area contributed by atoms with Gasteiger partial charge in [0.05, 0.1) is 18.0 Å². The molecule has 0 unspecified atom stereocenters. The number of methoxy groups -OCH3 is 1. The molecule has 1 saturated carbocycles. The predicted molar refractivity (Wildman–Crippen MR) is 83.1 cm³/mol. The van der Waals surface area contributed by atoms with Crippen LogP contribution in [-0.4, -0.2) is 28.1 Å². The second-order valence-electron chi connectivity index (χ2n) is 5.80. The first-order valence-corrected chi connectivity index (χ1v) is 7.75. The zero-order valence-electron chi connectivity index (χ0n) is 13.2. The van der Waals surface area contributed by atoms with Gasteiger partial charge in [-0.25, -0.2) is 0 Å². The van der Waals surface area contributed by atoms with Crippen LogP contribution in [0, 0.1) is 16.0 Å². The van der Waals surface area contributed by atoms with Crippen LogP contribution in [0.15, 0.2) is 28.8 Å². The molecule has 8 nitrogen and oxygen atoms in total. The number of para-hydroxylation sites is 1. The highest BCUT2D eigenvalue weighted by Gasteiger charge is 2.31. The Morgan fingerprint density at radius 1 is 1.29 bits per heavy atom. The highest BCUT2D eigenvalue weighted by molar-refractivity contribution is 5.72. The summed E-state index contributed by atoms with van der Waals surface area (Å²) in [5.74, 6) is 0.484. The molecule has 126 valence electrons. The van der Waals surface area contributed by atoms with Crippen molar-refractivity contribution in [3.8, 4) is 11.4 Å². The molecule has 0 spiro atoms. The van der Waals surface area contributed by atoms with Crippen molar-refractivity contribution in [2.45, 2.75) is 31.6 Å². The lowest BCUT2D eigenvalue weighted by Crippen LogP contribution is -2.22. The minimum absolute atomic E-state index is 0.0563. The fourth-order valence-electron chi connectivity index (χ4n) is 3.08. The highest BCUT2D eigenvalue weighted by Crippen LogP contribution is 2.36. The Bertz CT molecular complexity index is 750. The van der Waals surface area contributed by atoms with Crippen LogP contribution in [0.2, 0.25) is 0 Å². The molecule has 0 radical (unpaired) electrons. The minimum Gasteiger partial charge on any atom is -0.469 e. The molecular weight excluding hydrogens is 314 g/mol. The number of rotatable bonds is 4. The third-order valence-corrected chi connectivity index (χ3v) is 4.39. The minimum atomic E-state index is -0.465. The van der Waals surface area contributed by atoms with Crippen LogP contribution in [0.3, 0.4) is 0 Å². The molecule has 0 atom stereocenters. The summed E-state index contributed by atoms with van der Waals surface area (Å²) in [6.45, 7) is 0. The summed E-state index contributed by atoms with van der Waals surface area (Å²) in [6, 6.07) is 6.30. The monoisotopic (exact) mass is 331 g/mol. The SMILES string of the molecule is COC(=O)C1CCC(c2nc(-c3ccccc3[N+](=O)[O-])no2)CC1. The summed E-state index contributed by atoms with van der Waals surface area (Å²) >= 11 is 0. The summed E-state index contributed by atoms with van der Waals surface area (Å²) < 4.78 is 10.1. The molecule has 1 aliphatic rings. The van der Waals surface area contributed by atoms with E-state index in [4.69, 9.17) is 9.26 Å². The summed E-state index contributed by atoms with van der Waals surface area (Å²) in [5.41, 5.74) is 0.278. The molecule has 24 heavy (non-hydrogen) atoms. The zero-order valence-corrected chi connectivity index (χ0v) is 13.2. The molecule has 0 amide bonds. The Balaban J connectivity index is 1.76. The first kappa shape index (κ1) is 16.1. The normalized spacial score (nSPS) is 20.5. The number of hydrogen-bond acceptors (Lipinski definition) is 7. The zero-order chi connectivity index (χ0) is 17.1. The van der Waals surface area contributed by atoms with E-state index in [-0.39, 0.29) is 29.3 Å². The number of nitro benzene ring substituents is 1. The molecule has 1 aromatic carbocycles. The van der Waals surface area contributed by atoms with E-state index in [0.717, 1.165) is 12.8 Å². The Labute approximate surface area is 138 Å². The molecule has 0 N–H and O–H groups in total. The molecular formula is C16H17N3O5. The topological polar surface area (TPSA) is 108 Å². The second kappa shape index (κ2) is 6.77. The lowest BCUT2D eigenvalue weighted by atomic mass is 9.82. The lowest BCUT2D eigenvalue weighted by Gasteiger charge is -2.24. The number of benzene rings is 1. The number of ether oxygens (including phenoxy) is 1. The smallest absolute Gasteiger partial charge is 0.308 e. The van der Waals surface area contributed by atoms with Crippen LogP contribution < -0.4 is 0 Å². The number of nitro groups is 1. The summed E-state index contributed by atoms with van der Waals surface area (Å²) in [6.07, 6.45) is 2.91. The third-order valence-electron chi connectivity index (χ3n) is 4.39. The van der Waals surface area contributed by atoms with Crippen LogP contribution in [0.5, 0.6) is 0 Å². The van der Waals surface area contributed by atoms with Gasteiger partial charge in [0.1, 0.15) is 5.56 Å². The number of carbonyl (C=O) groups excluding carboxylic acids is 1. The Hall–Kier alpha value is -2.77. The summed E-state index contributed by atoms with van der Waals surface area (Å²) in [4.78, 5) is 26.5. The van der Waals surface area contributed by atoms with E-state index in [0.29, 0.717) is 24.3 Å². The van der Waals surface area contributed by atoms with E-state index in [1.807, 2.05) is 0 Å². The third kappa shape index (κ3) is 3.12. The maximum absolute atomic E-state index is 11.6. The van der Waals surface area contributed by atoms with Crippen molar-refractivity contribution < 1.29 is 19.0 Å². The number of hydrogen-bond donors (Lipinski definition) is 0. The molecule has 2 aromatic rings. The molecule has 1 fully saturated rings. The Kier molecular flexibility index (Phi) is 4.54. The Morgan fingerprint density at radius 3 is 2.67 bits per heavy atom. The van der Waals surface area contributed by atoms with Crippen molar-refractivity contribution in [1.82, 2.24) is 10.1 Å². The molecule has 0 saturated heterocycles. The van der Waals surface area contributed by atoms with Gasteiger partial charge in [-0.05, 0) is 31.7 Å².